The minimum absolute atomic E-state index is 0.00840. The molecule has 0 amide bonds. The summed E-state index contributed by atoms with van der Waals surface area (Å²) < 4.78 is 33.7. The molecule has 0 radical (unpaired) electrons. The van der Waals surface area contributed by atoms with E-state index < -0.39 is 10.0 Å². The molecule has 0 unspecified atom stereocenters. The summed E-state index contributed by atoms with van der Waals surface area (Å²) in [7, 11) is 0.364. The van der Waals surface area contributed by atoms with Crippen molar-refractivity contribution in [1.82, 2.24) is 4.72 Å². The molecule has 1 fully saturated rings. The summed E-state index contributed by atoms with van der Waals surface area (Å²) in [6.45, 7) is 3.37. The van der Waals surface area contributed by atoms with E-state index in [1.165, 1.54) is 11.0 Å². The Labute approximate surface area is 172 Å². The third kappa shape index (κ3) is 5.24. The Morgan fingerprint density at radius 2 is 1.82 bits per heavy atom. The summed E-state index contributed by atoms with van der Waals surface area (Å²) in [4.78, 5) is 3.54. The first-order valence-corrected chi connectivity index (χ1v) is 11.2. The topological polar surface area (TPSA) is 63.1 Å². The van der Waals surface area contributed by atoms with Crippen LogP contribution in [-0.4, -0.2) is 55.4 Å². The quantitative estimate of drug-likeness (QED) is 0.704. The minimum atomic E-state index is -3.63. The summed E-state index contributed by atoms with van der Waals surface area (Å²) in [5, 5.41) is 0.400. The molecular formula is C20H27ClN3O3S+. The number of anilines is 1. The lowest BCUT2D eigenvalue weighted by molar-refractivity contribution is -0.937. The molecule has 3 rings (SSSR count). The van der Waals surface area contributed by atoms with Crippen molar-refractivity contribution in [3.05, 3.63) is 59.1 Å². The van der Waals surface area contributed by atoms with Crippen LogP contribution in [0.3, 0.4) is 0 Å². The number of halogens is 1. The number of nitrogens with one attached hydrogen (secondary N) is 2. The van der Waals surface area contributed by atoms with Crippen LogP contribution in [0.15, 0.2) is 53.4 Å². The van der Waals surface area contributed by atoms with Crippen molar-refractivity contribution >= 4 is 27.3 Å². The number of morpholine rings is 1. The van der Waals surface area contributed by atoms with Gasteiger partial charge in [0.25, 0.3) is 0 Å². The molecular weight excluding hydrogens is 398 g/mol. The molecule has 1 saturated heterocycles. The first kappa shape index (κ1) is 21.1. The van der Waals surface area contributed by atoms with Gasteiger partial charge in [-0.1, -0.05) is 29.8 Å². The van der Waals surface area contributed by atoms with Crippen LogP contribution in [0.4, 0.5) is 5.69 Å². The SMILES string of the molecule is CN(C)c1ccc([C@H](CNS(=O)(=O)c2cccc(Cl)c2)[NH+]2CCOCC2)cc1. The molecule has 152 valence electrons. The largest absolute Gasteiger partial charge is 0.378 e. The van der Waals surface area contributed by atoms with Gasteiger partial charge in [0.1, 0.15) is 19.1 Å². The Bertz CT molecular complexity index is 882. The van der Waals surface area contributed by atoms with Crippen molar-refractivity contribution in [2.24, 2.45) is 0 Å². The number of nitrogens with zero attached hydrogens (tertiary/aromatic N) is 1. The van der Waals surface area contributed by atoms with Crippen LogP contribution in [0.1, 0.15) is 11.6 Å². The molecule has 2 aromatic rings. The molecule has 0 bridgehead atoms. The van der Waals surface area contributed by atoms with Crippen LogP contribution >= 0.6 is 11.6 Å². The van der Waals surface area contributed by atoms with Crippen molar-refractivity contribution < 1.29 is 18.1 Å². The van der Waals surface area contributed by atoms with Gasteiger partial charge in [-0.2, -0.15) is 0 Å². The van der Waals surface area contributed by atoms with Gasteiger partial charge in [-0.3, -0.25) is 0 Å². The molecule has 2 N–H and O–H groups in total. The van der Waals surface area contributed by atoms with Crippen LogP contribution in [0.25, 0.3) is 0 Å². The van der Waals surface area contributed by atoms with E-state index in [4.69, 9.17) is 16.3 Å². The lowest BCUT2D eigenvalue weighted by Gasteiger charge is -2.32. The lowest BCUT2D eigenvalue weighted by Crippen LogP contribution is -3.15. The Hall–Kier alpha value is -1.64. The number of benzene rings is 2. The van der Waals surface area contributed by atoms with E-state index in [0.717, 1.165) is 24.3 Å². The molecule has 0 saturated carbocycles. The maximum Gasteiger partial charge on any atom is 0.240 e. The highest BCUT2D eigenvalue weighted by Crippen LogP contribution is 2.18. The number of sulfonamides is 1. The molecule has 0 spiro atoms. The van der Waals surface area contributed by atoms with Crippen molar-refractivity contribution in [3.63, 3.8) is 0 Å². The molecule has 1 aliphatic heterocycles. The normalized spacial score (nSPS) is 16.7. The smallest absolute Gasteiger partial charge is 0.240 e. The fraction of sp³-hybridized carbons (Fsp3) is 0.400. The molecule has 0 aromatic heterocycles. The van der Waals surface area contributed by atoms with Gasteiger partial charge in [0, 0.05) is 30.4 Å². The molecule has 28 heavy (non-hydrogen) atoms. The molecule has 1 heterocycles. The third-order valence-corrected chi connectivity index (χ3v) is 6.68. The van der Waals surface area contributed by atoms with E-state index in [1.54, 1.807) is 18.2 Å². The maximum absolute atomic E-state index is 12.7. The van der Waals surface area contributed by atoms with E-state index in [-0.39, 0.29) is 10.9 Å². The van der Waals surface area contributed by atoms with Crippen LogP contribution in [0, 0.1) is 0 Å². The zero-order valence-corrected chi connectivity index (χ0v) is 17.8. The third-order valence-electron chi connectivity index (χ3n) is 5.02. The Morgan fingerprint density at radius 3 is 2.43 bits per heavy atom. The van der Waals surface area contributed by atoms with Gasteiger partial charge in [0.05, 0.1) is 24.7 Å². The van der Waals surface area contributed by atoms with E-state index >= 15 is 0 Å². The van der Waals surface area contributed by atoms with Gasteiger partial charge in [0.15, 0.2) is 0 Å². The molecule has 8 heteroatoms. The molecule has 2 aromatic carbocycles. The second-order valence-corrected chi connectivity index (χ2v) is 9.32. The molecule has 6 nitrogen and oxygen atoms in total. The average molecular weight is 425 g/mol. The van der Waals surface area contributed by atoms with E-state index in [2.05, 4.69) is 29.0 Å². The summed E-state index contributed by atoms with van der Waals surface area (Å²) in [5.41, 5.74) is 2.22. The van der Waals surface area contributed by atoms with Crippen molar-refractivity contribution in [2.45, 2.75) is 10.9 Å². The fourth-order valence-electron chi connectivity index (χ4n) is 3.40. The number of hydrogen-bond acceptors (Lipinski definition) is 4. The van der Waals surface area contributed by atoms with Gasteiger partial charge in [-0.25, -0.2) is 13.1 Å². The number of hydrogen-bond donors (Lipinski definition) is 2. The van der Waals surface area contributed by atoms with E-state index in [9.17, 15) is 8.42 Å². The lowest BCUT2D eigenvalue weighted by atomic mass is 10.0. The van der Waals surface area contributed by atoms with Gasteiger partial charge in [0.2, 0.25) is 10.0 Å². The van der Waals surface area contributed by atoms with Crippen LogP contribution in [0.5, 0.6) is 0 Å². The first-order chi connectivity index (χ1) is 13.4. The number of ether oxygens (including phenoxy) is 1. The summed E-state index contributed by atoms with van der Waals surface area (Å²) in [6, 6.07) is 14.6. The number of rotatable bonds is 7. The zero-order chi connectivity index (χ0) is 20.1. The summed E-state index contributed by atoms with van der Waals surface area (Å²) in [5.74, 6) is 0. The second-order valence-electron chi connectivity index (χ2n) is 7.12. The highest BCUT2D eigenvalue weighted by atomic mass is 35.5. The number of quaternary nitrogens is 1. The first-order valence-electron chi connectivity index (χ1n) is 9.31. The van der Waals surface area contributed by atoms with Gasteiger partial charge in [-0.15, -0.1) is 0 Å². The molecule has 1 atom stereocenters. The molecule has 0 aliphatic carbocycles. The van der Waals surface area contributed by atoms with Crippen molar-refractivity contribution in [2.75, 3.05) is 51.8 Å². The zero-order valence-electron chi connectivity index (χ0n) is 16.2. The van der Waals surface area contributed by atoms with Crippen LogP contribution in [-0.2, 0) is 14.8 Å². The second kappa shape index (κ2) is 9.24. The van der Waals surface area contributed by atoms with E-state index in [0.29, 0.717) is 24.8 Å². The van der Waals surface area contributed by atoms with Crippen LogP contribution < -0.4 is 14.5 Å². The highest BCUT2D eigenvalue weighted by Gasteiger charge is 2.28. The Morgan fingerprint density at radius 1 is 1.14 bits per heavy atom. The molecule has 1 aliphatic rings. The van der Waals surface area contributed by atoms with Gasteiger partial charge in [-0.05, 0) is 30.3 Å². The summed E-state index contributed by atoms with van der Waals surface area (Å²) >= 11 is 5.96. The van der Waals surface area contributed by atoms with Crippen molar-refractivity contribution in [3.8, 4) is 0 Å². The predicted octanol–water partition coefficient (Wildman–Crippen LogP) is 1.34. The Balaban J connectivity index is 1.81. The van der Waals surface area contributed by atoms with Gasteiger partial charge >= 0.3 is 0 Å². The minimum Gasteiger partial charge on any atom is -0.378 e. The standard InChI is InChI=1S/C20H26ClN3O3S/c1-23(2)18-8-6-16(7-9-18)20(24-10-12-27-13-11-24)15-22-28(25,26)19-5-3-4-17(21)14-19/h3-9,14,20,22H,10-13,15H2,1-2H3/p+1/t20-/m0/s1. The average Bonchev–Trinajstić information content (AvgIpc) is 2.69. The highest BCUT2D eigenvalue weighted by molar-refractivity contribution is 7.89. The fourth-order valence-corrected chi connectivity index (χ4v) is 4.74. The maximum atomic E-state index is 12.7. The van der Waals surface area contributed by atoms with Crippen LogP contribution in [0.2, 0.25) is 5.02 Å². The predicted molar refractivity (Wildman–Crippen MR) is 112 cm³/mol. The monoisotopic (exact) mass is 424 g/mol. The van der Waals surface area contributed by atoms with Gasteiger partial charge < -0.3 is 14.5 Å². The Kier molecular flexibility index (Phi) is 6.95. The van der Waals surface area contributed by atoms with Crippen molar-refractivity contribution in [1.29, 1.82) is 0 Å². The summed E-state index contributed by atoms with van der Waals surface area (Å²) in [6.07, 6.45) is 0. The van der Waals surface area contributed by atoms with E-state index in [1.807, 2.05) is 19.0 Å².